The summed E-state index contributed by atoms with van der Waals surface area (Å²) < 4.78 is 32.2. The van der Waals surface area contributed by atoms with Crippen LogP contribution in [0.2, 0.25) is 0 Å². The van der Waals surface area contributed by atoms with Gasteiger partial charge in [-0.05, 0) is 30.4 Å². The summed E-state index contributed by atoms with van der Waals surface area (Å²) in [6.07, 6.45) is 5.23. The first-order valence-electron chi connectivity index (χ1n) is 11.9. The van der Waals surface area contributed by atoms with Gasteiger partial charge in [0, 0.05) is 50.0 Å². The van der Waals surface area contributed by atoms with Crippen molar-refractivity contribution in [3.8, 4) is 11.3 Å². The van der Waals surface area contributed by atoms with Gasteiger partial charge in [0.2, 0.25) is 16.0 Å². The predicted octanol–water partition coefficient (Wildman–Crippen LogP) is 1.78. The van der Waals surface area contributed by atoms with Gasteiger partial charge in [-0.2, -0.15) is 4.31 Å². The quantitative estimate of drug-likeness (QED) is 0.542. The Morgan fingerprint density at radius 3 is 2.51 bits per heavy atom. The van der Waals surface area contributed by atoms with Gasteiger partial charge in [0.15, 0.2) is 0 Å². The molecule has 0 aromatic carbocycles. The van der Waals surface area contributed by atoms with Gasteiger partial charge in [-0.25, -0.2) is 23.4 Å². The average molecular weight is 516 g/mol. The first-order valence-corrected chi connectivity index (χ1v) is 14.6. The Balaban J connectivity index is 1.37. The van der Waals surface area contributed by atoms with Crippen molar-refractivity contribution in [3.63, 3.8) is 0 Å². The van der Waals surface area contributed by atoms with Crippen molar-refractivity contribution in [2.24, 2.45) is 0 Å². The summed E-state index contributed by atoms with van der Waals surface area (Å²) in [5.74, 6) is 1.23. The van der Waals surface area contributed by atoms with E-state index in [1.54, 1.807) is 27.9 Å². The number of hydrogen-bond acceptors (Lipinski definition) is 10. The number of anilines is 2. The average Bonchev–Trinajstić information content (AvgIpc) is 3.35. The van der Waals surface area contributed by atoms with Gasteiger partial charge in [-0.3, -0.25) is 4.90 Å². The minimum atomic E-state index is -3.15. The smallest absolute Gasteiger partial charge is 0.227 e. The number of morpholine rings is 1. The van der Waals surface area contributed by atoms with Gasteiger partial charge in [0.05, 0.1) is 47.5 Å². The number of aromatic nitrogens is 3. The summed E-state index contributed by atoms with van der Waals surface area (Å²) in [6.45, 7) is 4.57. The van der Waals surface area contributed by atoms with Crippen LogP contribution >= 0.6 is 11.3 Å². The molecule has 3 aromatic rings. The predicted molar refractivity (Wildman–Crippen MR) is 137 cm³/mol. The molecule has 2 bridgehead atoms. The molecule has 6 heterocycles. The van der Waals surface area contributed by atoms with Crippen LogP contribution in [0, 0.1) is 0 Å². The van der Waals surface area contributed by atoms with E-state index in [1.807, 2.05) is 6.07 Å². The first-order chi connectivity index (χ1) is 16.9. The molecule has 0 amide bonds. The van der Waals surface area contributed by atoms with Crippen molar-refractivity contribution < 1.29 is 13.2 Å². The molecule has 2 atom stereocenters. The second kappa shape index (κ2) is 8.93. The van der Waals surface area contributed by atoms with Crippen LogP contribution in [0.25, 0.3) is 21.5 Å². The third-order valence-corrected chi connectivity index (χ3v) is 9.53. The van der Waals surface area contributed by atoms with Crippen molar-refractivity contribution in [3.05, 3.63) is 29.3 Å². The topological polar surface area (TPSA) is 118 Å². The Bertz CT molecular complexity index is 1320. The van der Waals surface area contributed by atoms with Crippen LogP contribution in [0.4, 0.5) is 11.8 Å². The number of thiophene rings is 1. The first kappa shape index (κ1) is 23.0. The van der Waals surface area contributed by atoms with Crippen LogP contribution in [0.3, 0.4) is 0 Å². The summed E-state index contributed by atoms with van der Waals surface area (Å²) >= 11 is 1.65. The fourth-order valence-corrected chi connectivity index (χ4v) is 7.17. The number of nitrogens with two attached hydrogens (primary N) is 1. The molecule has 2 unspecified atom stereocenters. The lowest BCUT2D eigenvalue weighted by molar-refractivity contribution is 0.0898. The fourth-order valence-electron chi connectivity index (χ4n) is 5.34. The van der Waals surface area contributed by atoms with Crippen LogP contribution in [-0.2, 0) is 21.3 Å². The van der Waals surface area contributed by atoms with Gasteiger partial charge >= 0.3 is 0 Å². The van der Waals surface area contributed by atoms with Crippen LogP contribution in [-0.4, -0.2) is 90.3 Å². The number of sulfonamides is 1. The number of piperazine rings is 1. The minimum Gasteiger partial charge on any atom is -0.384 e. The van der Waals surface area contributed by atoms with Gasteiger partial charge in [0.25, 0.3) is 0 Å². The maximum Gasteiger partial charge on any atom is 0.227 e. The highest BCUT2D eigenvalue weighted by Gasteiger charge is 2.39. The molecule has 3 saturated heterocycles. The number of fused-ring (bicyclic) bond motifs is 3. The molecule has 3 aliphatic heterocycles. The lowest BCUT2D eigenvalue weighted by atomic mass is 10.1. The number of rotatable bonds is 5. The van der Waals surface area contributed by atoms with Crippen molar-refractivity contribution in [1.29, 1.82) is 0 Å². The summed E-state index contributed by atoms with van der Waals surface area (Å²) in [7, 11) is -3.15. The van der Waals surface area contributed by atoms with E-state index in [9.17, 15) is 8.42 Å². The molecule has 0 aliphatic carbocycles. The van der Waals surface area contributed by atoms with E-state index in [-0.39, 0.29) is 0 Å². The Labute approximate surface area is 208 Å². The van der Waals surface area contributed by atoms with E-state index in [0.717, 1.165) is 52.4 Å². The van der Waals surface area contributed by atoms with Crippen molar-refractivity contribution in [2.45, 2.75) is 31.5 Å². The van der Waals surface area contributed by atoms with Crippen LogP contribution in [0.5, 0.6) is 0 Å². The standard InChI is InChI=1S/C23H29N7O3S2/c1-35(31,32)29-8-6-28(7-9-29)11-16-14-34-22-20(15-2-5-19(24)25-10-15)26-23(27-21(16)22)30-17-3-4-18(30)13-33-12-17/h2,5,10,14,17-18H,3-4,6-9,11-13H2,1H3,(H2,24,25). The lowest BCUT2D eigenvalue weighted by Crippen LogP contribution is -2.47. The molecule has 186 valence electrons. The largest absolute Gasteiger partial charge is 0.384 e. The third-order valence-electron chi connectivity index (χ3n) is 7.20. The van der Waals surface area contributed by atoms with E-state index in [0.29, 0.717) is 57.3 Å². The molecule has 12 heteroatoms. The molecule has 6 rings (SSSR count). The SMILES string of the molecule is CS(=O)(=O)N1CCN(Cc2csc3c(-c4ccc(N)nc4)nc(N4C5CCC4COC5)nc23)CC1. The van der Waals surface area contributed by atoms with Crippen LogP contribution in [0.1, 0.15) is 18.4 Å². The highest BCUT2D eigenvalue weighted by Crippen LogP contribution is 2.38. The normalized spacial score (nSPS) is 23.9. The Kier molecular flexibility index (Phi) is 5.88. The molecule has 2 N–H and O–H groups in total. The molecule has 10 nitrogen and oxygen atoms in total. The summed E-state index contributed by atoms with van der Waals surface area (Å²) in [5.41, 5.74) is 9.75. The summed E-state index contributed by atoms with van der Waals surface area (Å²) in [4.78, 5) is 19.1. The van der Waals surface area contributed by atoms with Crippen molar-refractivity contribution in [2.75, 3.05) is 56.3 Å². The molecule has 35 heavy (non-hydrogen) atoms. The summed E-state index contributed by atoms with van der Waals surface area (Å²) in [6, 6.07) is 4.37. The molecular formula is C23H29N7O3S2. The monoisotopic (exact) mass is 515 g/mol. The zero-order chi connectivity index (χ0) is 24.2. The number of nitrogen functional groups attached to an aromatic ring is 1. The molecule has 3 aliphatic rings. The summed E-state index contributed by atoms with van der Waals surface area (Å²) in [5, 5.41) is 2.16. The number of pyridine rings is 1. The second-order valence-electron chi connectivity index (χ2n) is 9.55. The van der Waals surface area contributed by atoms with Crippen molar-refractivity contribution in [1.82, 2.24) is 24.2 Å². The van der Waals surface area contributed by atoms with Gasteiger partial charge in [-0.1, -0.05) is 0 Å². The van der Waals surface area contributed by atoms with Crippen molar-refractivity contribution >= 4 is 43.3 Å². The van der Waals surface area contributed by atoms with Crippen LogP contribution in [0.15, 0.2) is 23.7 Å². The maximum atomic E-state index is 11.9. The third kappa shape index (κ3) is 4.38. The van der Waals surface area contributed by atoms with E-state index in [2.05, 4.69) is 20.2 Å². The Hall–Kier alpha value is -2.38. The lowest BCUT2D eigenvalue weighted by Gasteiger charge is -2.35. The van der Waals surface area contributed by atoms with E-state index in [4.69, 9.17) is 20.4 Å². The molecule has 3 aromatic heterocycles. The zero-order valence-corrected chi connectivity index (χ0v) is 21.3. The van der Waals surface area contributed by atoms with E-state index < -0.39 is 10.0 Å². The molecular weight excluding hydrogens is 486 g/mol. The highest BCUT2D eigenvalue weighted by molar-refractivity contribution is 7.88. The van der Waals surface area contributed by atoms with E-state index in [1.165, 1.54) is 6.26 Å². The van der Waals surface area contributed by atoms with Crippen LogP contribution < -0.4 is 10.6 Å². The number of nitrogens with zero attached hydrogens (tertiary/aromatic N) is 6. The maximum absolute atomic E-state index is 11.9. The highest BCUT2D eigenvalue weighted by atomic mass is 32.2. The molecule has 0 saturated carbocycles. The van der Waals surface area contributed by atoms with Gasteiger partial charge < -0.3 is 15.4 Å². The minimum absolute atomic E-state index is 0.301. The Morgan fingerprint density at radius 1 is 1.11 bits per heavy atom. The molecule has 0 spiro atoms. The second-order valence-corrected chi connectivity index (χ2v) is 12.4. The molecule has 0 radical (unpaired) electrons. The Morgan fingerprint density at radius 2 is 1.86 bits per heavy atom. The number of hydrogen-bond donors (Lipinski definition) is 1. The zero-order valence-electron chi connectivity index (χ0n) is 19.6. The number of ether oxygens (including phenoxy) is 1. The van der Waals surface area contributed by atoms with Gasteiger partial charge in [-0.15, -0.1) is 11.3 Å². The van der Waals surface area contributed by atoms with E-state index >= 15 is 0 Å². The van der Waals surface area contributed by atoms with Gasteiger partial charge in [0.1, 0.15) is 5.82 Å². The molecule has 3 fully saturated rings. The fraction of sp³-hybridized carbons (Fsp3) is 0.522.